The molecule has 1 aromatic heterocycles. The predicted octanol–water partition coefficient (Wildman–Crippen LogP) is 1.30. The molecular formula is C17H27N5O2. The number of hydrogen-bond acceptors (Lipinski definition) is 3. The van der Waals surface area contributed by atoms with Gasteiger partial charge in [-0.15, -0.1) is 0 Å². The second-order valence-corrected chi connectivity index (χ2v) is 7.04. The van der Waals surface area contributed by atoms with Crippen molar-refractivity contribution in [3.63, 3.8) is 0 Å². The number of nitrogens with one attached hydrogen (secondary N) is 2. The van der Waals surface area contributed by atoms with Gasteiger partial charge in [-0.2, -0.15) is 5.10 Å². The molecule has 24 heavy (non-hydrogen) atoms. The lowest BCUT2D eigenvalue weighted by atomic mass is 10.2. The molecule has 1 aliphatic carbocycles. The van der Waals surface area contributed by atoms with Crippen LogP contribution < -0.4 is 5.32 Å². The number of hydrogen-bond donors (Lipinski definition) is 2. The number of nitrogens with zero attached hydrogens (tertiary/aromatic N) is 3. The highest BCUT2D eigenvalue weighted by Gasteiger charge is 2.34. The average Bonchev–Trinajstić information content (AvgIpc) is 3.34. The van der Waals surface area contributed by atoms with Crippen LogP contribution in [-0.2, 0) is 11.2 Å². The third-order valence-electron chi connectivity index (χ3n) is 4.67. The lowest BCUT2D eigenvalue weighted by Gasteiger charge is -2.24. The molecule has 1 aromatic rings. The zero-order valence-electron chi connectivity index (χ0n) is 14.5. The number of aromatic nitrogens is 2. The summed E-state index contributed by atoms with van der Waals surface area (Å²) in [7, 11) is 0. The first-order valence-electron chi connectivity index (χ1n) is 8.88. The van der Waals surface area contributed by atoms with Gasteiger partial charge < -0.3 is 15.1 Å². The average molecular weight is 333 g/mol. The Bertz CT molecular complexity index is 596. The Morgan fingerprint density at radius 2 is 2.00 bits per heavy atom. The van der Waals surface area contributed by atoms with Crippen LogP contribution >= 0.6 is 0 Å². The molecule has 0 bridgehead atoms. The smallest absolute Gasteiger partial charge is 0.317 e. The number of amides is 3. The van der Waals surface area contributed by atoms with Gasteiger partial charge in [0.1, 0.15) is 0 Å². The summed E-state index contributed by atoms with van der Waals surface area (Å²) < 4.78 is 0. The maximum atomic E-state index is 12.5. The summed E-state index contributed by atoms with van der Waals surface area (Å²) in [5.41, 5.74) is 1.98. The first kappa shape index (κ1) is 16.8. The summed E-state index contributed by atoms with van der Waals surface area (Å²) in [5, 5.41) is 10.2. The number of carbonyl (C=O) groups excluding carboxylic acids is 2. The van der Waals surface area contributed by atoms with Crippen molar-refractivity contribution in [2.45, 2.75) is 45.6 Å². The van der Waals surface area contributed by atoms with E-state index in [1.54, 1.807) is 0 Å². The summed E-state index contributed by atoms with van der Waals surface area (Å²) in [6, 6.07) is 1.97. The molecule has 2 N–H and O–H groups in total. The Morgan fingerprint density at radius 3 is 2.67 bits per heavy atom. The number of aryl methyl sites for hydroxylation is 1. The topological polar surface area (TPSA) is 81.3 Å². The van der Waals surface area contributed by atoms with Crippen LogP contribution in [0.5, 0.6) is 0 Å². The lowest BCUT2D eigenvalue weighted by Crippen LogP contribution is -2.46. The molecule has 2 heterocycles. The molecule has 0 radical (unpaired) electrons. The zero-order valence-corrected chi connectivity index (χ0v) is 14.5. The second-order valence-electron chi connectivity index (χ2n) is 7.04. The molecule has 3 amide bonds. The molecule has 1 saturated heterocycles. The molecule has 1 unspecified atom stereocenters. The van der Waals surface area contributed by atoms with E-state index in [0.29, 0.717) is 26.1 Å². The number of carbonyl (C=O) groups is 2. The van der Waals surface area contributed by atoms with Gasteiger partial charge in [0, 0.05) is 50.3 Å². The molecule has 0 spiro atoms. The van der Waals surface area contributed by atoms with Crippen molar-refractivity contribution in [3.8, 4) is 0 Å². The van der Waals surface area contributed by atoms with Gasteiger partial charge in [0.15, 0.2) is 0 Å². The van der Waals surface area contributed by atoms with Crippen LogP contribution in [0, 0.1) is 12.8 Å². The van der Waals surface area contributed by atoms with Gasteiger partial charge in [-0.1, -0.05) is 0 Å². The first-order valence-corrected chi connectivity index (χ1v) is 8.88. The van der Waals surface area contributed by atoms with Crippen molar-refractivity contribution in [3.05, 3.63) is 17.5 Å². The van der Waals surface area contributed by atoms with Crippen LogP contribution in [0.3, 0.4) is 0 Å². The van der Waals surface area contributed by atoms with Gasteiger partial charge in [-0.3, -0.25) is 9.89 Å². The summed E-state index contributed by atoms with van der Waals surface area (Å²) in [5.74, 6) is 0.530. The quantitative estimate of drug-likeness (QED) is 0.871. The molecule has 1 saturated carbocycles. The van der Waals surface area contributed by atoms with Gasteiger partial charge in [0.2, 0.25) is 5.91 Å². The van der Waals surface area contributed by atoms with Crippen LogP contribution in [0.4, 0.5) is 4.79 Å². The van der Waals surface area contributed by atoms with Gasteiger partial charge in [-0.25, -0.2) is 4.79 Å². The van der Waals surface area contributed by atoms with Crippen LogP contribution in [0.1, 0.15) is 37.6 Å². The molecule has 7 nitrogen and oxygen atoms in total. The molecule has 2 aliphatic rings. The van der Waals surface area contributed by atoms with Crippen LogP contribution in [-0.4, -0.2) is 64.2 Å². The summed E-state index contributed by atoms with van der Waals surface area (Å²) in [6.07, 6.45) is 3.61. The maximum absolute atomic E-state index is 12.5. The molecule has 1 aliphatic heterocycles. The Morgan fingerprint density at radius 1 is 1.29 bits per heavy atom. The molecule has 2 fully saturated rings. The number of urea groups is 1. The van der Waals surface area contributed by atoms with E-state index in [1.807, 2.05) is 29.7 Å². The fourth-order valence-electron chi connectivity index (χ4n) is 3.18. The third-order valence-corrected chi connectivity index (χ3v) is 4.67. The van der Waals surface area contributed by atoms with Crippen molar-refractivity contribution in [1.29, 1.82) is 0 Å². The fraction of sp³-hybridized carbons (Fsp3) is 0.706. The predicted molar refractivity (Wildman–Crippen MR) is 90.5 cm³/mol. The zero-order chi connectivity index (χ0) is 17.1. The van der Waals surface area contributed by atoms with Crippen molar-refractivity contribution in [2.24, 2.45) is 5.92 Å². The third kappa shape index (κ3) is 4.27. The first-order chi connectivity index (χ1) is 11.5. The van der Waals surface area contributed by atoms with Gasteiger partial charge in [0.25, 0.3) is 0 Å². The molecule has 3 rings (SSSR count). The van der Waals surface area contributed by atoms with Gasteiger partial charge in [0.05, 0.1) is 5.69 Å². The minimum atomic E-state index is -0.0459. The Kier molecular flexibility index (Phi) is 5.06. The van der Waals surface area contributed by atoms with E-state index in [-0.39, 0.29) is 23.9 Å². The minimum absolute atomic E-state index is 0.0210. The molecule has 132 valence electrons. The second kappa shape index (κ2) is 7.23. The van der Waals surface area contributed by atoms with Crippen molar-refractivity contribution < 1.29 is 9.59 Å². The van der Waals surface area contributed by atoms with Crippen molar-refractivity contribution in [1.82, 2.24) is 25.3 Å². The summed E-state index contributed by atoms with van der Waals surface area (Å²) in [4.78, 5) is 28.4. The fourth-order valence-corrected chi connectivity index (χ4v) is 3.18. The Labute approximate surface area is 142 Å². The Hall–Kier alpha value is -2.05. The van der Waals surface area contributed by atoms with Gasteiger partial charge >= 0.3 is 6.03 Å². The normalized spacial score (nSPS) is 19.8. The molecule has 7 heteroatoms. The van der Waals surface area contributed by atoms with E-state index < -0.39 is 0 Å². The van der Waals surface area contributed by atoms with Gasteiger partial charge in [-0.05, 0) is 39.2 Å². The summed E-state index contributed by atoms with van der Waals surface area (Å²) in [6.45, 7) is 6.68. The number of H-pyrrole nitrogens is 1. The van der Waals surface area contributed by atoms with E-state index in [0.717, 1.165) is 37.2 Å². The largest absolute Gasteiger partial charge is 0.341 e. The highest BCUT2D eigenvalue weighted by Crippen LogP contribution is 2.31. The monoisotopic (exact) mass is 333 g/mol. The maximum Gasteiger partial charge on any atom is 0.317 e. The Balaban J connectivity index is 1.46. The van der Waals surface area contributed by atoms with E-state index in [9.17, 15) is 9.59 Å². The van der Waals surface area contributed by atoms with Crippen molar-refractivity contribution in [2.75, 3.05) is 26.2 Å². The lowest BCUT2D eigenvalue weighted by molar-refractivity contribution is -0.132. The summed E-state index contributed by atoms with van der Waals surface area (Å²) >= 11 is 0. The standard InChI is InChI=1S/C17H27N5O2/c1-12(10-15-11-13(2)19-20-15)18-17(24)22-7-3-6-21(8-9-22)16(23)14-4-5-14/h11-12,14H,3-10H2,1-2H3,(H,18,24)(H,19,20). The molecule has 0 aromatic carbocycles. The highest BCUT2D eigenvalue weighted by atomic mass is 16.2. The van der Waals surface area contributed by atoms with Crippen LogP contribution in [0.2, 0.25) is 0 Å². The van der Waals surface area contributed by atoms with Crippen LogP contribution in [0.15, 0.2) is 6.07 Å². The molecular weight excluding hydrogens is 306 g/mol. The van der Waals surface area contributed by atoms with E-state index in [4.69, 9.17) is 0 Å². The highest BCUT2D eigenvalue weighted by molar-refractivity contribution is 5.81. The molecule has 1 atom stereocenters. The number of rotatable bonds is 4. The minimum Gasteiger partial charge on any atom is -0.341 e. The van der Waals surface area contributed by atoms with E-state index >= 15 is 0 Å². The van der Waals surface area contributed by atoms with Crippen LogP contribution in [0.25, 0.3) is 0 Å². The van der Waals surface area contributed by atoms with Crippen molar-refractivity contribution >= 4 is 11.9 Å². The SMILES string of the molecule is Cc1cc(CC(C)NC(=O)N2CCCN(C(=O)C3CC3)CC2)n[nH]1. The van der Waals surface area contributed by atoms with E-state index in [1.165, 1.54) is 0 Å². The number of aromatic amines is 1. The van der Waals surface area contributed by atoms with E-state index in [2.05, 4.69) is 15.5 Å².